The molecule has 1 atom stereocenters. The van der Waals surface area contributed by atoms with E-state index in [0.717, 1.165) is 28.6 Å². The molecule has 1 aromatic rings. The molecule has 0 aromatic heterocycles. The number of primary sulfonamides is 1. The molecule has 0 saturated carbocycles. The lowest BCUT2D eigenvalue weighted by Gasteiger charge is -2.23. The van der Waals surface area contributed by atoms with E-state index in [1.165, 1.54) is 0 Å². The van der Waals surface area contributed by atoms with E-state index in [1.54, 1.807) is 5.32 Å². The molecule has 0 unspecified atom stereocenters. The topological polar surface area (TPSA) is 127 Å². The molecule has 1 aromatic carbocycles. The Morgan fingerprint density at radius 3 is 2.27 bits per heavy atom. The Kier molecular flexibility index (Phi) is 5.66. The maximum atomic E-state index is 12.6. The van der Waals surface area contributed by atoms with Crippen LogP contribution in [0, 0.1) is 0 Å². The third kappa shape index (κ3) is 4.93. The van der Waals surface area contributed by atoms with Crippen molar-refractivity contribution in [3.05, 3.63) is 24.3 Å². The molecule has 2 rings (SSSR count). The summed E-state index contributed by atoms with van der Waals surface area (Å²) in [7, 11) is -7.93. The van der Waals surface area contributed by atoms with Crippen LogP contribution in [0.3, 0.4) is 0 Å². The lowest BCUT2D eigenvalue weighted by molar-refractivity contribution is -0.167. The molecule has 1 aliphatic rings. The Morgan fingerprint density at radius 1 is 1.19 bits per heavy atom. The lowest BCUT2D eigenvalue weighted by Crippen LogP contribution is -2.41. The first kappa shape index (κ1) is 20.6. The molecule has 1 amide bonds. The predicted molar refractivity (Wildman–Crippen MR) is 86.0 cm³/mol. The van der Waals surface area contributed by atoms with Gasteiger partial charge >= 0.3 is 12.1 Å². The molecule has 1 fully saturated rings. The maximum absolute atomic E-state index is 12.6. The number of alkyl halides is 3. The standard InChI is InChI=1S/C13H16F3N3O5S2/c14-13(15,16)12(20)18-9-3-5-11(6-4-9)26(23,24)19-7-1-2-10(19)8-25(17,21)22/h3-6,10H,1-2,7-8H2,(H,18,20)(H2,17,21,22)/t10-/m0/s1. The van der Waals surface area contributed by atoms with Crippen LogP contribution in [0.1, 0.15) is 12.8 Å². The van der Waals surface area contributed by atoms with Gasteiger partial charge in [0.05, 0.1) is 10.6 Å². The highest BCUT2D eigenvalue weighted by Gasteiger charge is 2.39. The number of hydrogen-bond acceptors (Lipinski definition) is 5. The summed E-state index contributed by atoms with van der Waals surface area (Å²) in [6.45, 7) is 0.106. The van der Waals surface area contributed by atoms with Gasteiger partial charge in [0, 0.05) is 18.3 Å². The van der Waals surface area contributed by atoms with Crippen LogP contribution in [0.5, 0.6) is 0 Å². The molecule has 26 heavy (non-hydrogen) atoms. The molecule has 0 bridgehead atoms. The molecule has 1 heterocycles. The van der Waals surface area contributed by atoms with Gasteiger partial charge in [-0.1, -0.05) is 0 Å². The fourth-order valence-electron chi connectivity index (χ4n) is 2.61. The highest BCUT2D eigenvalue weighted by Crippen LogP contribution is 2.27. The van der Waals surface area contributed by atoms with E-state index in [9.17, 15) is 34.8 Å². The first-order valence-corrected chi connectivity index (χ1v) is 10.5. The van der Waals surface area contributed by atoms with Gasteiger partial charge in [0.1, 0.15) is 0 Å². The number of nitrogens with two attached hydrogens (primary N) is 1. The van der Waals surface area contributed by atoms with E-state index in [0.29, 0.717) is 12.8 Å². The van der Waals surface area contributed by atoms with Gasteiger partial charge in [-0.25, -0.2) is 22.0 Å². The summed E-state index contributed by atoms with van der Waals surface area (Å²) >= 11 is 0. The summed E-state index contributed by atoms with van der Waals surface area (Å²) in [6, 6.07) is 3.30. The highest BCUT2D eigenvalue weighted by molar-refractivity contribution is 7.90. The second-order valence-corrected chi connectivity index (χ2v) is 9.27. The van der Waals surface area contributed by atoms with Crippen LogP contribution < -0.4 is 10.5 Å². The van der Waals surface area contributed by atoms with E-state index >= 15 is 0 Å². The molecule has 0 aliphatic carbocycles. The van der Waals surface area contributed by atoms with Gasteiger partial charge in [0.15, 0.2) is 0 Å². The zero-order chi connectivity index (χ0) is 19.8. The Bertz CT molecular complexity index is 883. The monoisotopic (exact) mass is 415 g/mol. The maximum Gasteiger partial charge on any atom is 0.471 e. The molecule has 0 spiro atoms. The Labute approximate surface area is 148 Å². The number of amides is 1. The van der Waals surface area contributed by atoms with Crippen LogP contribution in [0.4, 0.5) is 18.9 Å². The number of rotatable bonds is 5. The Morgan fingerprint density at radius 2 is 1.77 bits per heavy atom. The van der Waals surface area contributed by atoms with Gasteiger partial charge in [0.2, 0.25) is 20.0 Å². The quantitative estimate of drug-likeness (QED) is 0.729. The van der Waals surface area contributed by atoms with Gasteiger partial charge in [0.25, 0.3) is 0 Å². The van der Waals surface area contributed by atoms with Crippen molar-refractivity contribution in [1.29, 1.82) is 0 Å². The van der Waals surface area contributed by atoms with Crippen LogP contribution in [-0.2, 0) is 24.8 Å². The van der Waals surface area contributed by atoms with Crippen LogP contribution >= 0.6 is 0 Å². The van der Waals surface area contributed by atoms with Crippen molar-refractivity contribution in [2.75, 3.05) is 17.6 Å². The number of nitrogens with zero attached hydrogens (tertiary/aromatic N) is 1. The number of hydrogen-bond donors (Lipinski definition) is 2. The minimum absolute atomic E-state index is 0.106. The molecule has 1 saturated heterocycles. The van der Waals surface area contributed by atoms with Crippen LogP contribution in [0.2, 0.25) is 0 Å². The molecule has 13 heteroatoms. The average Bonchev–Trinajstić information content (AvgIpc) is 2.93. The zero-order valence-corrected chi connectivity index (χ0v) is 14.9. The molecule has 0 radical (unpaired) electrons. The zero-order valence-electron chi connectivity index (χ0n) is 13.2. The summed E-state index contributed by atoms with van der Waals surface area (Å²) < 4.78 is 85.4. The molecule has 1 aliphatic heterocycles. The van der Waals surface area contributed by atoms with E-state index in [1.807, 2.05) is 0 Å². The minimum atomic E-state index is -5.07. The number of anilines is 1. The van der Waals surface area contributed by atoms with Gasteiger partial charge < -0.3 is 5.32 Å². The molecule has 3 N–H and O–H groups in total. The van der Waals surface area contributed by atoms with Crippen molar-refractivity contribution < 1.29 is 34.8 Å². The predicted octanol–water partition coefficient (Wildman–Crippen LogP) is 0.629. The number of sulfonamides is 2. The van der Waals surface area contributed by atoms with Crippen molar-refractivity contribution in [2.45, 2.75) is 30.0 Å². The third-order valence-electron chi connectivity index (χ3n) is 3.72. The van der Waals surface area contributed by atoms with E-state index in [-0.39, 0.29) is 17.1 Å². The second kappa shape index (κ2) is 7.13. The van der Waals surface area contributed by atoms with Gasteiger partial charge in [-0.05, 0) is 37.1 Å². The number of carbonyl (C=O) groups is 1. The second-order valence-electron chi connectivity index (χ2n) is 5.72. The summed E-state index contributed by atoms with van der Waals surface area (Å²) in [4.78, 5) is 10.6. The normalized spacial score (nSPS) is 19.5. The Hall–Kier alpha value is -1.70. The summed E-state index contributed by atoms with van der Waals surface area (Å²) in [5.74, 6) is -2.70. The minimum Gasteiger partial charge on any atom is -0.318 e. The van der Waals surface area contributed by atoms with E-state index in [2.05, 4.69) is 0 Å². The summed E-state index contributed by atoms with van der Waals surface area (Å²) in [5, 5.41) is 6.58. The summed E-state index contributed by atoms with van der Waals surface area (Å²) in [6.07, 6.45) is -4.28. The van der Waals surface area contributed by atoms with Crippen molar-refractivity contribution in [3.63, 3.8) is 0 Å². The molecule has 8 nitrogen and oxygen atoms in total. The van der Waals surface area contributed by atoms with Crippen molar-refractivity contribution in [1.82, 2.24) is 4.31 Å². The van der Waals surface area contributed by atoms with Crippen LogP contribution in [-0.4, -0.2) is 51.6 Å². The fourth-order valence-corrected chi connectivity index (χ4v) is 5.28. The van der Waals surface area contributed by atoms with Crippen LogP contribution in [0.15, 0.2) is 29.2 Å². The van der Waals surface area contributed by atoms with E-state index in [4.69, 9.17) is 5.14 Å². The van der Waals surface area contributed by atoms with Crippen molar-refractivity contribution in [3.8, 4) is 0 Å². The molecule has 146 valence electrons. The molecular weight excluding hydrogens is 399 g/mol. The van der Waals surface area contributed by atoms with Crippen LogP contribution in [0.25, 0.3) is 0 Å². The lowest BCUT2D eigenvalue weighted by atomic mass is 10.3. The number of nitrogens with one attached hydrogen (secondary N) is 1. The SMILES string of the molecule is NS(=O)(=O)C[C@@H]1CCCN1S(=O)(=O)c1ccc(NC(=O)C(F)(F)F)cc1. The molecular formula is C13H16F3N3O5S2. The number of halogens is 3. The first-order chi connectivity index (χ1) is 11.8. The van der Waals surface area contributed by atoms with Gasteiger partial charge in [-0.15, -0.1) is 0 Å². The Balaban J connectivity index is 2.20. The van der Waals surface area contributed by atoms with Gasteiger partial charge in [-0.2, -0.15) is 17.5 Å². The largest absolute Gasteiger partial charge is 0.471 e. The fraction of sp³-hybridized carbons (Fsp3) is 0.462. The smallest absolute Gasteiger partial charge is 0.318 e. The highest BCUT2D eigenvalue weighted by atomic mass is 32.2. The van der Waals surface area contributed by atoms with E-state index < -0.39 is 43.9 Å². The average molecular weight is 415 g/mol. The number of carbonyl (C=O) groups excluding carboxylic acids is 1. The number of benzene rings is 1. The first-order valence-electron chi connectivity index (χ1n) is 7.31. The third-order valence-corrected chi connectivity index (χ3v) is 6.54. The summed E-state index contributed by atoms with van der Waals surface area (Å²) in [5.41, 5.74) is -0.228. The van der Waals surface area contributed by atoms with Crippen molar-refractivity contribution in [2.24, 2.45) is 5.14 Å². The van der Waals surface area contributed by atoms with Gasteiger partial charge in [-0.3, -0.25) is 4.79 Å². The van der Waals surface area contributed by atoms with Crippen molar-refractivity contribution >= 4 is 31.6 Å².